The molecular weight excluding hydrogens is 188 g/mol. The number of benzene rings is 1. The summed E-state index contributed by atoms with van der Waals surface area (Å²) in [6.45, 7) is 2.04. The monoisotopic (exact) mass is 198 g/mol. The number of fused-ring (bicyclic) bond motifs is 3. The SMILES string of the molecule is Cc1cccc2[nH]c(=O)c3cccn3c12. The fourth-order valence-electron chi connectivity index (χ4n) is 2.03. The molecule has 0 unspecified atom stereocenters. The van der Waals surface area contributed by atoms with Crippen LogP contribution in [0.4, 0.5) is 0 Å². The second kappa shape index (κ2) is 2.73. The van der Waals surface area contributed by atoms with Crippen molar-refractivity contribution < 1.29 is 0 Å². The molecule has 0 saturated carbocycles. The van der Waals surface area contributed by atoms with E-state index >= 15 is 0 Å². The van der Waals surface area contributed by atoms with Gasteiger partial charge in [-0.25, -0.2) is 0 Å². The van der Waals surface area contributed by atoms with Crippen LogP contribution in [0.2, 0.25) is 0 Å². The van der Waals surface area contributed by atoms with E-state index in [1.165, 1.54) is 0 Å². The summed E-state index contributed by atoms with van der Waals surface area (Å²) >= 11 is 0. The summed E-state index contributed by atoms with van der Waals surface area (Å²) < 4.78 is 1.93. The lowest BCUT2D eigenvalue weighted by atomic mass is 10.2. The molecule has 0 bridgehead atoms. The molecule has 0 saturated heterocycles. The van der Waals surface area contributed by atoms with Crippen molar-refractivity contribution in [2.24, 2.45) is 0 Å². The van der Waals surface area contributed by atoms with Crippen molar-refractivity contribution in [1.29, 1.82) is 0 Å². The zero-order valence-corrected chi connectivity index (χ0v) is 8.32. The summed E-state index contributed by atoms with van der Waals surface area (Å²) in [6, 6.07) is 9.62. The summed E-state index contributed by atoms with van der Waals surface area (Å²) in [5.41, 5.74) is 3.75. The van der Waals surface area contributed by atoms with Crippen LogP contribution in [0.5, 0.6) is 0 Å². The van der Waals surface area contributed by atoms with Crippen molar-refractivity contribution in [3.05, 3.63) is 52.4 Å². The molecule has 0 aliphatic rings. The molecule has 0 atom stereocenters. The van der Waals surface area contributed by atoms with E-state index in [1.807, 2.05) is 47.9 Å². The maximum Gasteiger partial charge on any atom is 0.272 e. The van der Waals surface area contributed by atoms with Gasteiger partial charge in [0.05, 0.1) is 11.0 Å². The molecule has 2 heterocycles. The molecule has 3 nitrogen and oxygen atoms in total. The minimum Gasteiger partial charge on any atom is -0.319 e. The number of nitrogens with zero attached hydrogens (tertiary/aromatic N) is 1. The van der Waals surface area contributed by atoms with Crippen molar-refractivity contribution >= 4 is 16.6 Å². The topological polar surface area (TPSA) is 37.3 Å². The van der Waals surface area contributed by atoms with Gasteiger partial charge in [0.2, 0.25) is 0 Å². The van der Waals surface area contributed by atoms with Gasteiger partial charge in [-0.15, -0.1) is 0 Å². The fourth-order valence-corrected chi connectivity index (χ4v) is 2.03. The third-order valence-electron chi connectivity index (χ3n) is 2.71. The maximum atomic E-state index is 11.7. The number of nitrogens with one attached hydrogen (secondary N) is 1. The molecular formula is C12H10N2O. The summed E-state index contributed by atoms with van der Waals surface area (Å²) in [5, 5.41) is 0. The Morgan fingerprint density at radius 3 is 2.93 bits per heavy atom. The molecule has 2 aromatic heterocycles. The average molecular weight is 198 g/mol. The van der Waals surface area contributed by atoms with Gasteiger partial charge in [-0.1, -0.05) is 12.1 Å². The highest BCUT2D eigenvalue weighted by Gasteiger charge is 2.05. The van der Waals surface area contributed by atoms with Gasteiger partial charge in [-0.2, -0.15) is 0 Å². The van der Waals surface area contributed by atoms with Crippen molar-refractivity contribution in [2.75, 3.05) is 0 Å². The summed E-state index contributed by atoms with van der Waals surface area (Å²) in [5.74, 6) is 0. The Hall–Kier alpha value is -2.03. The number of aromatic nitrogens is 2. The summed E-state index contributed by atoms with van der Waals surface area (Å²) in [6.07, 6.45) is 1.92. The van der Waals surface area contributed by atoms with Gasteiger partial charge in [0.1, 0.15) is 5.52 Å². The lowest BCUT2D eigenvalue weighted by Crippen LogP contribution is -2.09. The van der Waals surface area contributed by atoms with Crippen molar-refractivity contribution in [2.45, 2.75) is 6.92 Å². The molecule has 0 aliphatic heterocycles. The maximum absolute atomic E-state index is 11.7. The zero-order valence-electron chi connectivity index (χ0n) is 8.32. The molecule has 0 amide bonds. The van der Waals surface area contributed by atoms with Gasteiger partial charge in [0.15, 0.2) is 0 Å². The number of rotatable bonds is 0. The molecule has 0 aliphatic carbocycles. The van der Waals surface area contributed by atoms with E-state index in [1.54, 1.807) is 0 Å². The van der Waals surface area contributed by atoms with Crippen molar-refractivity contribution in [1.82, 2.24) is 9.38 Å². The molecule has 3 rings (SSSR count). The van der Waals surface area contributed by atoms with E-state index in [2.05, 4.69) is 4.98 Å². The second-order valence-corrected chi connectivity index (χ2v) is 3.69. The number of hydrogen-bond acceptors (Lipinski definition) is 1. The van der Waals surface area contributed by atoms with Crippen LogP contribution < -0.4 is 5.56 Å². The highest BCUT2D eigenvalue weighted by Crippen LogP contribution is 2.16. The fraction of sp³-hybridized carbons (Fsp3) is 0.0833. The number of hydrogen-bond donors (Lipinski definition) is 1. The zero-order chi connectivity index (χ0) is 10.4. The van der Waals surface area contributed by atoms with Crippen LogP contribution in [0.15, 0.2) is 41.3 Å². The van der Waals surface area contributed by atoms with Gasteiger partial charge in [-0.05, 0) is 30.7 Å². The van der Waals surface area contributed by atoms with Crippen LogP contribution >= 0.6 is 0 Å². The number of para-hydroxylation sites is 1. The van der Waals surface area contributed by atoms with E-state index in [0.717, 1.165) is 16.6 Å². The Bertz CT molecular complexity index is 706. The molecule has 0 spiro atoms. The third kappa shape index (κ3) is 1.03. The average Bonchev–Trinajstić information content (AvgIpc) is 2.66. The Morgan fingerprint density at radius 1 is 1.20 bits per heavy atom. The number of aryl methyl sites for hydroxylation is 1. The normalized spacial score (nSPS) is 11.3. The van der Waals surface area contributed by atoms with E-state index in [4.69, 9.17) is 0 Å². The first-order chi connectivity index (χ1) is 7.27. The van der Waals surface area contributed by atoms with Crippen LogP contribution in [0.3, 0.4) is 0 Å². The summed E-state index contributed by atoms with van der Waals surface area (Å²) in [4.78, 5) is 14.6. The van der Waals surface area contributed by atoms with Crippen molar-refractivity contribution in [3.8, 4) is 0 Å². The third-order valence-corrected chi connectivity index (χ3v) is 2.71. The highest BCUT2D eigenvalue weighted by atomic mass is 16.1. The molecule has 0 radical (unpaired) electrons. The number of H-pyrrole nitrogens is 1. The first-order valence-electron chi connectivity index (χ1n) is 4.86. The first kappa shape index (κ1) is 8.29. The summed E-state index contributed by atoms with van der Waals surface area (Å²) in [7, 11) is 0. The molecule has 74 valence electrons. The second-order valence-electron chi connectivity index (χ2n) is 3.69. The van der Waals surface area contributed by atoms with E-state index in [9.17, 15) is 4.79 Å². The molecule has 1 aromatic carbocycles. The van der Waals surface area contributed by atoms with Crippen LogP contribution in [0, 0.1) is 6.92 Å². The van der Waals surface area contributed by atoms with Crippen LogP contribution in [0.1, 0.15) is 5.56 Å². The number of aromatic amines is 1. The smallest absolute Gasteiger partial charge is 0.272 e. The van der Waals surface area contributed by atoms with E-state index < -0.39 is 0 Å². The molecule has 1 N–H and O–H groups in total. The highest BCUT2D eigenvalue weighted by molar-refractivity contribution is 5.81. The molecule has 3 aromatic rings. The minimum atomic E-state index is -0.0434. The lowest BCUT2D eigenvalue weighted by molar-refractivity contribution is 1.17. The van der Waals surface area contributed by atoms with E-state index in [-0.39, 0.29) is 5.56 Å². The first-order valence-corrected chi connectivity index (χ1v) is 4.86. The Labute approximate surface area is 86.0 Å². The van der Waals surface area contributed by atoms with Crippen molar-refractivity contribution in [3.63, 3.8) is 0 Å². The van der Waals surface area contributed by atoms with Crippen LogP contribution in [-0.2, 0) is 0 Å². The van der Waals surface area contributed by atoms with E-state index in [0.29, 0.717) is 5.52 Å². The Kier molecular flexibility index (Phi) is 1.51. The molecule has 3 heteroatoms. The Morgan fingerprint density at radius 2 is 2.07 bits per heavy atom. The molecule has 0 fully saturated rings. The lowest BCUT2D eigenvalue weighted by Gasteiger charge is -2.05. The quantitative estimate of drug-likeness (QED) is 0.590. The molecule has 15 heavy (non-hydrogen) atoms. The minimum absolute atomic E-state index is 0.0434. The van der Waals surface area contributed by atoms with Crippen LogP contribution in [0.25, 0.3) is 16.6 Å². The van der Waals surface area contributed by atoms with Gasteiger partial charge in [-0.3, -0.25) is 4.79 Å². The van der Waals surface area contributed by atoms with Gasteiger partial charge in [0, 0.05) is 6.20 Å². The Balaban J connectivity index is 2.74. The van der Waals surface area contributed by atoms with Crippen LogP contribution in [-0.4, -0.2) is 9.38 Å². The standard InChI is InChI=1S/C12H10N2O/c1-8-4-2-5-9-11(8)14-7-3-6-10(14)12(15)13-9/h2-7H,1H3,(H,13,15). The van der Waals surface area contributed by atoms with Gasteiger partial charge in [0.25, 0.3) is 5.56 Å². The predicted molar refractivity (Wildman–Crippen MR) is 60.3 cm³/mol. The van der Waals surface area contributed by atoms with Gasteiger partial charge < -0.3 is 9.38 Å². The van der Waals surface area contributed by atoms with Gasteiger partial charge >= 0.3 is 0 Å². The largest absolute Gasteiger partial charge is 0.319 e. The predicted octanol–water partition coefficient (Wildman–Crippen LogP) is 2.09.